The molecular formula is C27H48O10S2. The molecule has 0 aliphatic heterocycles. The van der Waals surface area contributed by atoms with Gasteiger partial charge in [0.05, 0.1) is 18.8 Å². The minimum absolute atomic E-state index is 0.0193. The van der Waals surface area contributed by atoms with Crippen molar-refractivity contribution >= 4 is 20.8 Å². The minimum Gasteiger partial charge on any atom is -0.393 e. The summed E-state index contributed by atoms with van der Waals surface area (Å²) in [6.45, 7) is 8.80. The molecule has 0 aromatic carbocycles. The summed E-state index contributed by atoms with van der Waals surface area (Å²) in [6.07, 6.45) is 5.82. The molecule has 0 saturated heterocycles. The molecule has 4 fully saturated rings. The molecule has 39 heavy (non-hydrogen) atoms. The molecule has 4 aliphatic carbocycles. The standard InChI is InChI=1S/C27H48O10S2/c1-16(15-36-38(30,31)32)6-5-7-17(2)18-8-9-19-24-20(10-12-26(18,19)3)27(4)13-11-23(37-39(33,34)35)25(29)21(27)14-22(24)28/h16-25,28-29H,5-15H2,1-4H3,(H,30,31,32)(H,33,34,35)/t16-,17+,18+,19-,20-,21-,22+,23+,24-,25+,26+,27+/m0/s1. The van der Waals surface area contributed by atoms with Crippen molar-refractivity contribution in [2.75, 3.05) is 6.61 Å². The van der Waals surface area contributed by atoms with E-state index in [2.05, 4.69) is 25.0 Å². The van der Waals surface area contributed by atoms with Crippen LogP contribution in [0.4, 0.5) is 0 Å². The number of fused-ring (bicyclic) bond motifs is 5. The second kappa shape index (κ2) is 11.4. The lowest BCUT2D eigenvalue weighted by atomic mass is 9.43. The van der Waals surface area contributed by atoms with Crippen molar-refractivity contribution in [2.45, 2.75) is 110 Å². The van der Waals surface area contributed by atoms with Crippen molar-refractivity contribution in [3.63, 3.8) is 0 Å². The summed E-state index contributed by atoms with van der Waals surface area (Å²) in [6, 6.07) is 0. The molecule has 0 unspecified atom stereocenters. The number of aliphatic hydroxyl groups is 2. The summed E-state index contributed by atoms with van der Waals surface area (Å²) in [5.74, 6) is 1.54. The maximum absolute atomic E-state index is 11.5. The highest BCUT2D eigenvalue weighted by atomic mass is 32.3. The number of aliphatic hydroxyl groups excluding tert-OH is 2. The lowest BCUT2D eigenvalue weighted by Crippen LogP contribution is -2.62. The van der Waals surface area contributed by atoms with Gasteiger partial charge in [-0.3, -0.25) is 9.11 Å². The highest BCUT2D eigenvalue weighted by molar-refractivity contribution is 7.81. The Morgan fingerprint density at radius 3 is 2.13 bits per heavy atom. The molecule has 4 N–H and O–H groups in total. The van der Waals surface area contributed by atoms with Crippen LogP contribution in [0, 0.1) is 52.3 Å². The second-order valence-electron chi connectivity index (χ2n) is 13.8. The van der Waals surface area contributed by atoms with E-state index in [9.17, 15) is 31.6 Å². The van der Waals surface area contributed by atoms with Crippen LogP contribution < -0.4 is 0 Å². The maximum atomic E-state index is 11.5. The molecule has 228 valence electrons. The average Bonchev–Trinajstić information content (AvgIpc) is 3.17. The van der Waals surface area contributed by atoms with E-state index < -0.39 is 39.1 Å². The second-order valence-corrected chi connectivity index (χ2v) is 15.9. The molecule has 10 nitrogen and oxygen atoms in total. The summed E-state index contributed by atoms with van der Waals surface area (Å²) < 4.78 is 71.6. The maximum Gasteiger partial charge on any atom is 0.397 e. The van der Waals surface area contributed by atoms with Crippen LogP contribution in [0.5, 0.6) is 0 Å². The van der Waals surface area contributed by atoms with Crippen LogP contribution in [0.15, 0.2) is 0 Å². The summed E-state index contributed by atoms with van der Waals surface area (Å²) >= 11 is 0. The normalized spacial score (nSPS) is 44.2. The highest BCUT2D eigenvalue weighted by Crippen LogP contribution is 2.68. The molecule has 4 saturated carbocycles. The van der Waals surface area contributed by atoms with Gasteiger partial charge in [0.1, 0.15) is 6.10 Å². The van der Waals surface area contributed by atoms with Crippen molar-refractivity contribution < 1.29 is 44.5 Å². The molecule has 0 aromatic rings. The number of hydrogen-bond donors (Lipinski definition) is 4. The van der Waals surface area contributed by atoms with Gasteiger partial charge in [-0.25, -0.2) is 8.37 Å². The van der Waals surface area contributed by atoms with E-state index in [0.29, 0.717) is 37.0 Å². The average molecular weight is 597 g/mol. The van der Waals surface area contributed by atoms with Crippen LogP contribution in [0.25, 0.3) is 0 Å². The van der Waals surface area contributed by atoms with Crippen molar-refractivity contribution in [1.82, 2.24) is 0 Å². The van der Waals surface area contributed by atoms with E-state index in [1.807, 2.05) is 6.92 Å². The summed E-state index contributed by atoms with van der Waals surface area (Å²) in [7, 11) is -9.08. The first-order chi connectivity index (χ1) is 18.0. The summed E-state index contributed by atoms with van der Waals surface area (Å²) in [5.41, 5.74) is -0.109. The Morgan fingerprint density at radius 1 is 0.846 bits per heavy atom. The van der Waals surface area contributed by atoms with Gasteiger partial charge in [-0.1, -0.05) is 40.5 Å². The Balaban J connectivity index is 1.41. The fraction of sp³-hybridized carbons (Fsp3) is 1.00. The van der Waals surface area contributed by atoms with Gasteiger partial charge in [0.15, 0.2) is 0 Å². The quantitative estimate of drug-likeness (QED) is 0.270. The van der Waals surface area contributed by atoms with Crippen LogP contribution in [0.1, 0.15) is 91.9 Å². The Labute approximate surface area is 234 Å². The number of rotatable bonds is 10. The topological polar surface area (TPSA) is 168 Å². The van der Waals surface area contributed by atoms with Crippen molar-refractivity contribution in [3.05, 3.63) is 0 Å². The fourth-order valence-electron chi connectivity index (χ4n) is 9.76. The van der Waals surface area contributed by atoms with Gasteiger partial charge >= 0.3 is 20.8 Å². The van der Waals surface area contributed by atoms with Crippen LogP contribution in [-0.4, -0.2) is 61.1 Å². The molecule has 0 amide bonds. The zero-order chi connectivity index (χ0) is 29.0. The van der Waals surface area contributed by atoms with Gasteiger partial charge in [0, 0.05) is 0 Å². The monoisotopic (exact) mass is 596 g/mol. The van der Waals surface area contributed by atoms with Crippen LogP contribution in [0.2, 0.25) is 0 Å². The Morgan fingerprint density at radius 2 is 1.49 bits per heavy atom. The largest absolute Gasteiger partial charge is 0.397 e. The molecule has 12 atom stereocenters. The summed E-state index contributed by atoms with van der Waals surface area (Å²) in [5, 5.41) is 22.6. The van der Waals surface area contributed by atoms with Gasteiger partial charge in [-0.2, -0.15) is 16.8 Å². The van der Waals surface area contributed by atoms with Gasteiger partial charge in [-0.05, 0) is 104 Å². The van der Waals surface area contributed by atoms with E-state index in [0.717, 1.165) is 44.9 Å². The Hall–Kier alpha value is -0.340. The van der Waals surface area contributed by atoms with Crippen molar-refractivity contribution in [1.29, 1.82) is 0 Å². The lowest BCUT2D eigenvalue weighted by Gasteiger charge is -2.63. The SMILES string of the molecule is C[C@@H](CCC[C@@H](C)[C@H]1CC[C@H]2[C@@H]3[C@H](O)C[C@H]4[C@@H](O)[C@H](OS(=O)(=O)O)CC[C@]4(C)[C@H]3CC[C@]12C)COS(=O)(=O)O. The predicted octanol–water partition coefficient (Wildman–Crippen LogP) is 4.04. The van der Waals surface area contributed by atoms with Crippen molar-refractivity contribution in [2.24, 2.45) is 52.3 Å². The number of hydrogen-bond acceptors (Lipinski definition) is 8. The molecule has 0 spiro atoms. The first-order valence-electron chi connectivity index (χ1n) is 14.6. The molecular weight excluding hydrogens is 548 g/mol. The summed E-state index contributed by atoms with van der Waals surface area (Å²) in [4.78, 5) is 0. The molecule has 4 rings (SSSR count). The Kier molecular flexibility index (Phi) is 9.23. The van der Waals surface area contributed by atoms with E-state index in [1.54, 1.807) is 0 Å². The van der Waals surface area contributed by atoms with E-state index >= 15 is 0 Å². The molecule has 12 heteroatoms. The van der Waals surface area contributed by atoms with Gasteiger partial charge in [0.2, 0.25) is 0 Å². The van der Waals surface area contributed by atoms with Gasteiger partial charge in [0.25, 0.3) is 0 Å². The molecule has 4 aliphatic rings. The fourth-order valence-corrected chi connectivity index (χ4v) is 10.7. The first-order valence-corrected chi connectivity index (χ1v) is 17.3. The minimum atomic E-state index is -4.67. The zero-order valence-electron chi connectivity index (χ0n) is 23.6. The van der Waals surface area contributed by atoms with Crippen LogP contribution in [0.3, 0.4) is 0 Å². The van der Waals surface area contributed by atoms with E-state index in [-0.39, 0.29) is 41.1 Å². The Bertz CT molecular complexity index is 1080. The zero-order valence-corrected chi connectivity index (χ0v) is 25.2. The smallest absolute Gasteiger partial charge is 0.393 e. The van der Waals surface area contributed by atoms with Crippen LogP contribution >= 0.6 is 0 Å². The molecule has 0 heterocycles. The molecule has 0 bridgehead atoms. The van der Waals surface area contributed by atoms with Gasteiger partial charge < -0.3 is 10.2 Å². The first kappa shape index (κ1) is 31.6. The third kappa shape index (κ3) is 6.53. The third-order valence-electron chi connectivity index (χ3n) is 11.6. The van der Waals surface area contributed by atoms with Gasteiger partial charge in [-0.15, -0.1) is 0 Å². The van der Waals surface area contributed by atoms with Crippen LogP contribution in [-0.2, 0) is 29.2 Å². The lowest BCUT2D eigenvalue weighted by molar-refractivity contribution is -0.204. The van der Waals surface area contributed by atoms with E-state index in [4.69, 9.17) is 8.74 Å². The molecule has 0 aromatic heterocycles. The van der Waals surface area contributed by atoms with E-state index in [1.165, 1.54) is 0 Å². The highest BCUT2D eigenvalue weighted by Gasteiger charge is 2.64. The third-order valence-corrected chi connectivity index (χ3v) is 12.5. The van der Waals surface area contributed by atoms with Crippen molar-refractivity contribution in [3.8, 4) is 0 Å². The predicted molar refractivity (Wildman–Crippen MR) is 144 cm³/mol. The molecule has 0 radical (unpaired) electrons.